The van der Waals surface area contributed by atoms with Gasteiger partial charge in [0.25, 0.3) is 0 Å². The normalized spacial score (nSPS) is 14.8. The van der Waals surface area contributed by atoms with Crippen LogP contribution in [-0.2, 0) is 7.05 Å². The van der Waals surface area contributed by atoms with Crippen molar-refractivity contribution < 1.29 is 0 Å². The summed E-state index contributed by atoms with van der Waals surface area (Å²) in [6.07, 6.45) is 8.72. The number of nitrogens with one attached hydrogen (secondary N) is 2. The van der Waals surface area contributed by atoms with Gasteiger partial charge in [0, 0.05) is 55.1 Å². The van der Waals surface area contributed by atoms with E-state index >= 15 is 0 Å². The Morgan fingerprint density at radius 1 is 1.16 bits per heavy atom. The molecule has 0 amide bonds. The third-order valence-corrected chi connectivity index (χ3v) is 5.98. The number of nitrogens with zero attached hydrogens (tertiary/aromatic N) is 6. The fourth-order valence-electron chi connectivity index (χ4n) is 4.22. The summed E-state index contributed by atoms with van der Waals surface area (Å²) in [7, 11) is 1.92. The molecule has 4 N–H and O–H groups in total. The van der Waals surface area contributed by atoms with Crippen LogP contribution >= 0.6 is 0 Å². The number of aromatic nitrogens is 5. The standard InChI is InChI=1S/C22H25N9/c1-29-13-17(12-26-29)15-2-3-20-19(10-15)22(28-27-20)16-4-7-25-21(11-16)30-8-5-18(6-9-30)31(24)14-23/h2-4,7,10-14,18,23H,5-6,8-9,24H2,1H3,(H,27,28). The first-order chi connectivity index (χ1) is 15.1. The second-order valence-corrected chi connectivity index (χ2v) is 7.93. The van der Waals surface area contributed by atoms with Crippen molar-refractivity contribution in [2.24, 2.45) is 12.9 Å². The number of aryl methyl sites for hydroxylation is 1. The molecule has 31 heavy (non-hydrogen) atoms. The molecule has 9 nitrogen and oxygen atoms in total. The van der Waals surface area contributed by atoms with E-state index in [4.69, 9.17) is 11.3 Å². The number of fused-ring (bicyclic) bond motifs is 1. The summed E-state index contributed by atoms with van der Waals surface area (Å²) in [5.41, 5.74) is 5.13. The van der Waals surface area contributed by atoms with E-state index in [-0.39, 0.29) is 6.04 Å². The smallest absolute Gasteiger partial charge is 0.129 e. The average molecular weight is 416 g/mol. The van der Waals surface area contributed by atoms with Gasteiger partial charge >= 0.3 is 0 Å². The molecule has 4 heterocycles. The lowest BCUT2D eigenvalue weighted by molar-refractivity contribution is 0.277. The molecule has 158 valence electrons. The number of rotatable bonds is 5. The highest BCUT2D eigenvalue weighted by atomic mass is 15.4. The van der Waals surface area contributed by atoms with E-state index in [1.54, 1.807) is 4.68 Å². The highest BCUT2D eigenvalue weighted by Crippen LogP contribution is 2.32. The molecule has 0 atom stereocenters. The van der Waals surface area contributed by atoms with E-state index in [2.05, 4.69) is 49.4 Å². The Bertz CT molecular complexity index is 1220. The number of hydrazine groups is 1. The zero-order valence-electron chi connectivity index (χ0n) is 17.4. The molecule has 0 saturated carbocycles. The molecule has 0 radical (unpaired) electrons. The Kier molecular flexibility index (Phi) is 4.87. The summed E-state index contributed by atoms with van der Waals surface area (Å²) in [4.78, 5) is 6.87. The lowest BCUT2D eigenvalue weighted by atomic mass is 10.0. The van der Waals surface area contributed by atoms with Crippen LogP contribution in [0.4, 0.5) is 5.82 Å². The SMILES string of the molecule is Cn1cc(-c2ccc3[nH]nc(-c4ccnc(N5CCC(N(N)C=N)CC5)c4)c3c2)cn1. The lowest BCUT2D eigenvalue weighted by Gasteiger charge is -2.35. The molecular weight excluding hydrogens is 390 g/mol. The minimum atomic E-state index is 0.207. The number of aromatic amines is 1. The Labute approximate surface area is 180 Å². The Morgan fingerprint density at radius 2 is 2.00 bits per heavy atom. The van der Waals surface area contributed by atoms with E-state index in [9.17, 15) is 0 Å². The third kappa shape index (κ3) is 3.64. The summed E-state index contributed by atoms with van der Waals surface area (Å²) in [6, 6.07) is 10.6. The van der Waals surface area contributed by atoms with E-state index < -0.39 is 0 Å². The Hall–Kier alpha value is -3.72. The van der Waals surface area contributed by atoms with Gasteiger partial charge in [-0.25, -0.2) is 10.8 Å². The van der Waals surface area contributed by atoms with Gasteiger partial charge in [-0.2, -0.15) is 10.2 Å². The second kappa shape index (κ2) is 7.84. The molecule has 0 bridgehead atoms. The number of pyridine rings is 1. The van der Waals surface area contributed by atoms with E-state index in [1.165, 1.54) is 11.3 Å². The van der Waals surface area contributed by atoms with Gasteiger partial charge in [-0.3, -0.25) is 20.2 Å². The first-order valence-corrected chi connectivity index (χ1v) is 10.3. The van der Waals surface area contributed by atoms with Gasteiger partial charge in [-0.1, -0.05) is 6.07 Å². The summed E-state index contributed by atoms with van der Waals surface area (Å²) in [5, 5.41) is 21.9. The second-order valence-electron chi connectivity index (χ2n) is 7.93. The van der Waals surface area contributed by atoms with Gasteiger partial charge in [0.05, 0.1) is 18.1 Å². The first kappa shape index (κ1) is 19.3. The number of anilines is 1. The van der Waals surface area contributed by atoms with Gasteiger partial charge in [0.2, 0.25) is 0 Å². The van der Waals surface area contributed by atoms with Crippen molar-refractivity contribution in [3.8, 4) is 22.4 Å². The quantitative estimate of drug-likeness (QED) is 0.200. The molecule has 1 aromatic carbocycles. The van der Waals surface area contributed by atoms with Crippen molar-refractivity contribution in [1.29, 1.82) is 5.41 Å². The lowest BCUT2D eigenvalue weighted by Crippen LogP contribution is -2.47. The maximum Gasteiger partial charge on any atom is 0.129 e. The first-order valence-electron chi connectivity index (χ1n) is 10.3. The summed E-state index contributed by atoms with van der Waals surface area (Å²) in [6.45, 7) is 1.71. The molecule has 1 fully saturated rings. The Balaban J connectivity index is 1.44. The molecule has 0 spiro atoms. The van der Waals surface area contributed by atoms with Crippen molar-refractivity contribution in [1.82, 2.24) is 30.0 Å². The number of hydrogen-bond acceptors (Lipinski definition) is 6. The minimum Gasteiger partial charge on any atom is -0.356 e. The molecule has 0 aliphatic carbocycles. The van der Waals surface area contributed by atoms with Gasteiger partial charge in [0.15, 0.2) is 0 Å². The summed E-state index contributed by atoms with van der Waals surface area (Å²) >= 11 is 0. The summed E-state index contributed by atoms with van der Waals surface area (Å²) < 4.78 is 1.81. The molecule has 1 saturated heterocycles. The van der Waals surface area contributed by atoms with Crippen LogP contribution in [0.3, 0.4) is 0 Å². The molecule has 0 unspecified atom stereocenters. The van der Waals surface area contributed by atoms with Crippen LogP contribution in [0.1, 0.15) is 12.8 Å². The van der Waals surface area contributed by atoms with Crippen molar-refractivity contribution in [3.05, 3.63) is 48.9 Å². The zero-order chi connectivity index (χ0) is 21.4. The predicted molar refractivity (Wildman–Crippen MR) is 122 cm³/mol. The molecule has 5 rings (SSSR count). The number of nitrogens with two attached hydrogens (primary N) is 1. The summed E-state index contributed by atoms with van der Waals surface area (Å²) in [5.74, 6) is 6.81. The largest absolute Gasteiger partial charge is 0.356 e. The number of piperidine rings is 1. The Morgan fingerprint density at radius 3 is 2.74 bits per heavy atom. The highest BCUT2D eigenvalue weighted by molar-refractivity contribution is 5.95. The number of benzene rings is 1. The topological polar surface area (TPSA) is 116 Å². The fourth-order valence-corrected chi connectivity index (χ4v) is 4.22. The third-order valence-electron chi connectivity index (χ3n) is 5.98. The van der Waals surface area contributed by atoms with Gasteiger partial charge < -0.3 is 4.90 Å². The van der Waals surface area contributed by atoms with Crippen LogP contribution in [0.5, 0.6) is 0 Å². The van der Waals surface area contributed by atoms with Crippen LogP contribution in [-0.4, -0.2) is 55.4 Å². The van der Waals surface area contributed by atoms with E-state index in [0.717, 1.165) is 65.0 Å². The van der Waals surface area contributed by atoms with Gasteiger partial charge in [0.1, 0.15) is 11.5 Å². The maximum absolute atomic E-state index is 7.34. The van der Waals surface area contributed by atoms with Crippen LogP contribution < -0.4 is 10.7 Å². The highest BCUT2D eigenvalue weighted by Gasteiger charge is 2.23. The molecular formula is C22H25N9. The monoisotopic (exact) mass is 415 g/mol. The van der Waals surface area contributed by atoms with Crippen molar-refractivity contribution in [3.63, 3.8) is 0 Å². The van der Waals surface area contributed by atoms with Crippen LogP contribution in [0.2, 0.25) is 0 Å². The molecule has 1 aliphatic heterocycles. The van der Waals surface area contributed by atoms with Crippen LogP contribution in [0.15, 0.2) is 48.9 Å². The van der Waals surface area contributed by atoms with Crippen molar-refractivity contribution in [2.75, 3.05) is 18.0 Å². The number of hydrogen-bond donors (Lipinski definition) is 3. The van der Waals surface area contributed by atoms with Gasteiger partial charge in [-0.05, 0) is 42.7 Å². The fraction of sp³-hybridized carbons (Fsp3) is 0.273. The zero-order valence-corrected chi connectivity index (χ0v) is 17.4. The van der Waals surface area contributed by atoms with E-state index in [1.807, 2.05) is 31.7 Å². The van der Waals surface area contributed by atoms with Crippen molar-refractivity contribution >= 4 is 23.1 Å². The number of H-pyrrole nitrogens is 1. The molecule has 1 aliphatic rings. The van der Waals surface area contributed by atoms with Crippen LogP contribution in [0.25, 0.3) is 33.3 Å². The van der Waals surface area contributed by atoms with Gasteiger partial charge in [-0.15, -0.1) is 0 Å². The van der Waals surface area contributed by atoms with Crippen molar-refractivity contribution in [2.45, 2.75) is 18.9 Å². The van der Waals surface area contributed by atoms with Crippen LogP contribution in [0, 0.1) is 5.41 Å². The predicted octanol–water partition coefficient (Wildman–Crippen LogP) is 2.78. The van der Waals surface area contributed by atoms with E-state index in [0.29, 0.717) is 0 Å². The average Bonchev–Trinajstić information content (AvgIpc) is 3.44. The maximum atomic E-state index is 7.34. The molecule has 4 aromatic rings. The molecule has 3 aromatic heterocycles. The molecule has 9 heteroatoms. The minimum absolute atomic E-state index is 0.207.